The van der Waals surface area contributed by atoms with Crippen LogP contribution in [-0.4, -0.2) is 14.2 Å². The van der Waals surface area contributed by atoms with E-state index in [0.717, 1.165) is 33.8 Å². The zero-order valence-electron chi connectivity index (χ0n) is 12.9. The van der Waals surface area contributed by atoms with Crippen molar-refractivity contribution in [2.75, 3.05) is 14.2 Å². The van der Waals surface area contributed by atoms with Gasteiger partial charge in [0.25, 0.3) is 0 Å². The number of benzene rings is 2. The number of aryl methyl sites for hydroxylation is 2. The van der Waals surface area contributed by atoms with E-state index in [1.54, 1.807) is 14.2 Å². The Bertz CT molecular complexity index is 626. The van der Waals surface area contributed by atoms with Crippen molar-refractivity contribution in [3.05, 3.63) is 58.7 Å². The van der Waals surface area contributed by atoms with Crippen LogP contribution in [0.5, 0.6) is 11.5 Å². The van der Waals surface area contributed by atoms with Crippen molar-refractivity contribution in [3.8, 4) is 11.5 Å². The zero-order valence-corrected chi connectivity index (χ0v) is 12.9. The van der Waals surface area contributed by atoms with Crippen molar-refractivity contribution in [3.63, 3.8) is 0 Å². The van der Waals surface area contributed by atoms with Gasteiger partial charge in [0.1, 0.15) is 11.5 Å². The molecule has 4 heteroatoms. The number of methoxy groups -OCH3 is 2. The topological polar surface area (TPSA) is 56.5 Å². The molecule has 0 aromatic heterocycles. The normalized spacial score (nSPS) is 12.0. The average molecular weight is 286 g/mol. The van der Waals surface area contributed by atoms with Crippen LogP contribution in [0.3, 0.4) is 0 Å². The number of hydrazine groups is 1. The molecule has 1 unspecified atom stereocenters. The Kier molecular flexibility index (Phi) is 4.83. The van der Waals surface area contributed by atoms with Crippen LogP contribution < -0.4 is 20.7 Å². The van der Waals surface area contributed by atoms with E-state index in [-0.39, 0.29) is 6.04 Å². The van der Waals surface area contributed by atoms with Gasteiger partial charge in [0.05, 0.1) is 20.3 Å². The zero-order chi connectivity index (χ0) is 15.4. The quantitative estimate of drug-likeness (QED) is 0.655. The maximum absolute atomic E-state index is 5.81. The average Bonchev–Trinajstić information content (AvgIpc) is 2.49. The van der Waals surface area contributed by atoms with Crippen LogP contribution in [-0.2, 0) is 0 Å². The van der Waals surface area contributed by atoms with Crippen LogP contribution in [0.25, 0.3) is 0 Å². The molecule has 0 bridgehead atoms. The van der Waals surface area contributed by atoms with E-state index in [2.05, 4.69) is 25.3 Å². The second-order valence-corrected chi connectivity index (χ2v) is 5.07. The monoisotopic (exact) mass is 286 g/mol. The fraction of sp³-hybridized carbons (Fsp3) is 0.294. The standard InChI is InChI=1S/C17H22N2O2/c1-11-8-12(2)16(15(9-11)21-4)17(19-18)13-6-5-7-14(10-13)20-3/h5-10,17,19H,18H2,1-4H3. The molecule has 21 heavy (non-hydrogen) atoms. The summed E-state index contributed by atoms with van der Waals surface area (Å²) in [5.41, 5.74) is 7.25. The van der Waals surface area contributed by atoms with Crippen molar-refractivity contribution < 1.29 is 9.47 Å². The van der Waals surface area contributed by atoms with Gasteiger partial charge < -0.3 is 9.47 Å². The molecule has 0 saturated heterocycles. The third-order valence-corrected chi connectivity index (χ3v) is 3.60. The SMILES string of the molecule is COc1cccc(C(NN)c2c(C)cc(C)cc2OC)c1. The first-order valence-corrected chi connectivity index (χ1v) is 6.86. The summed E-state index contributed by atoms with van der Waals surface area (Å²) in [6, 6.07) is 11.9. The van der Waals surface area contributed by atoms with E-state index in [4.69, 9.17) is 15.3 Å². The highest BCUT2D eigenvalue weighted by Gasteiger charge is 2.20. The first kappa shape index (κ1) is 15.4. The molecule has 2 aromatic rings. The van der Waals surface area contributed by atoms with Gasteiger partial charge in [0.2, 0.25) is 0 Å². The van der Waals surface area contributed by atoms with Crippen molar-refractivity contribution in [1.82, 2.24) is 5.43 Å². The summed E-state index contributed by atoms with van der Waals surface area (Å²) in [5, 5.41) is 0. The van der Waals surface area contributed by atoms with Crippen molar-refractivity contribution in [1.29, 1.82) is 0 Å². The lowest BCUT2D eigenvalue weighted by atomic mass is 9.93. The molecule has 0 radical (unpaired) electrons. The summed E-state index contributed by atoms with van der Waals surface area (Å²) in [7, 11) is 3.33. The fourth-order valence-electron chi connectivity index (χ4n) is 2.65. The Hall–Kier alpha value is -2.04. The summed E-state index contributed by atoms with van der Waals surface area (Å²) in [6.45, 7) is 4.12. The minimum atomic E-state index is -0.157. The van der Waals surface area contributed by atoms with E-state index in [1.807, 2.05) is 30.3 Å². The highest BCUT2D eigenvalue weighted by atomic mass is 16.5. The minimum Gasteiger partial charge on any atom is -0.497 e. The second kappa shape index (κ2) is 6.61. The molecule has 4 nitrogen and oxygen atoms in total. The van der Waals surface area contributed by atoms with Gasteiger partial charge in [-0.3, -0.25) is 5.84 Å². The Morgan fingerprint density at radius 2 is 1.81 bits per heavy atom. The maximum atomic E-state index is 5.81. The molecule has 0 aliphatic carbocycles. The van der Waals surface area contributed by atoms with E-state index in [1.165, 1.54) is 0 Å². The molecule has 2 rings (SSSR count). The Morgan fingerprint density at radius 3 is 2.43 bits per heavy atom. The summed E-state index contributed by atoms with van der Waals surface area (Å²) in [5.74, 6) is 7.45. The first-order chi connectivity index (χ1) is 10.1. The smallest absolute Gasteiger partial charge is 0.124 e. The van der Waals surface area contributed by atoms with E-state index < -0.39 is 0 Å². The van der Waals surface area contributed by atoms with Gasteiger partial charge in [-0.1, -0.05) is 18.2 Å². The molecule has 0 saturated carbocycles. The van der Waals surface area contributed by atoms with Gasteiger partial charge in [-0.05, 0) is 48.7 Å². The fourth-order valence-corrected chi connectivity index (χ4v) is 2.65. The number of ether oxygens (including phenoxy) is 2. The predicted molar refractivity (Wildman–Crippen MR) is 84.6 cm³/mol. The third-order valence-electron chi connectivity index (χ3n) is 3.60. The van der Waals surface area contributed by atoms with Crippen molar-refractivity contribution >= 4 is 0 Å². The Morgan fingerprint density at radius 1 is 1.05 bits per heavy atom. The number of hydrogen-bond acceptors (Lipinski definition) is 4. The lowest BCUT2D eigenvalue weighted by molar-refractivity contribution is 0.402. The van der Waals surface area contributed by atoms with Crippen LogP contribution in [0.15, 0.2) is 36.4 Å². The molecule has 0 aliphatic rings. The number of hydrogen-bond donors (Lipinski definition) is 2. The highest BCUT2D eigenvalue weighted by Crippen LogP contribution is 2.34. The summed E-state index contributed by atoms with van der Waals surface area (Å²) >= 11 is 0. The minimum absolute atomic E-state index is 0.157. The predicted octanol–water partition coefficient (Wildman–Crippen LogP) is 2.87. The van der Waals surface area contributed by atoms with E-state index in [0.29, 0.717) is 0 Å². The molecule has 2 aromatic carbocycles. The van der Waals surface area contributed by atoms with Crippen LogP contribution in [0.1, 0.15) is 28.3 Å². The summed E-state index contributed by atoms with van der Waals surface area (Å²) < 4.78 is 10.8. The van der Waals surface area contributed by atoms with Crippen LogP contribution in [0.2, 0.25) is 0 Å². The van der Waals surface area contributed by atoms with Crippen LogP contribution in [0.4, 0.5) is 0 Å². The lowest BCUT2D eigenvalue weighted by Crippen LogP contribution is -2.29. The van der Waals surface area contributed by atoms with Crippen LogP contribution in [0, 0.1) is 13.8 Å². The number of rotatable bonds is 5. The molecule has 0 aliphatic heterocycles. The molecule has 112 valence electrons. The molecular formula is C17H22N2O2. The van der Waals surface area contributed by atoms with Crippen LogP contribution >= 0.6 is 0 Å². The van der Waals surface area contributed by atoms with Gasteiger partial charge in [0, 0.05) is 5.56 Å². The van der Waals surface area contributed by atoms with E-state index >= 15 is 0 Å². The molecule has 0 amide bonds. The van der Waals surface area contributed by atoms with Gasteiger partial charge in [0.15, 0.2) is 0 Å². The molecule has 1 atom stereocenters. The van der Waals surface area contributed by atoms with E-state index in [9.17, 15) is 0 Å². The maximum Gasteiger partial charge on any atom is 0.124 e. The van der Waals surface area contributed by atoms with Gasteiger partial charge >= 0.3 is 0 Å². The first-order valence-electron chi connectivity index (χ1n) is 6.86. The lowest BCUT2D eigenvalue weighted by Gasteiger charge is -2.22. The van der Waals surface area contributed by atoms with Crippen molar-refractivity contribution in [2.24, 2.45) is 5.84 Å². The molecule has 0 spiro atoms. The molecule has 0 heterocycles. The largest absolute Gasteiger partial charge is 0.497 e. The van der Waals surface area contributed by atoms with Crippen molar-refractivity contribution in [2.45, 2.75) is 19.9 Å². The number of nitrogens with one attached hydrogen (secondary N) is 1. The Balaban J connectivity index is 2.55. The summed E-state index contributed by atoms with van der Waals surface area (Å²) in [4.78, 5) is 0. The molecular weight excluding hydrogens is 264 g/mol. The number of nitrogens with two attached hydrogens (primary N) is 1. The Labute approximate surface area is 125 Å². The molecule has 0 fully saturated rings. The summed E-state index contributed by atoms with van der Waals surface area (Å²) in [6.07, 6.45) is 0. The highest BCUT2D eigenvalue weighted by molar-refractivity contribution is 5.49. The van der Waals surface area contributed by atoms with Gasteiger partial charge in [-0.15, -0.1) is 0 Å². The second-order valence-electron chi connectivity index (χ2n) is 5.07. The van der Waals surface area contributed by atoms with Gasteiger partial charge in [-0.25, -0.2) is 5.43 Å². The van der Waals surface area contributed by atoms with Gasteiger partial charge in [-0.2, -0.15) is 0 Å². The molecule has 3 N–H and O–H groups in total. The third kappa shape index (κ3) is 3.17.